The molecule has 0 atom stereocenters. The summed E-state index contributed by atoms with van der Waals surface area (Å²) < 4.78 is 2.21. The van der Waals surface area contributed by atoms with Gasteiger partial charge in [-0.25, -0.2) is 4.31 Å². The molecule has 1 aliphatic heterocycles. The molecular formula is C8H14N2S. The lowest BCUT2D eigenvalue weighted by molar-refractivity contribution is 0.604. The van der Waals surface area contributed by atoms with Crippen LogP contribution in [0.1, 0.15) is 12.8 Å². The Hall–Kier alpha value is -0.280. The van der Waals surface area contributed by atoms with Gasteiger partial charge in [0.2, 0.25) is 0 Å². The van der Waals surface area contributed by atoms with Crippen LogP contribution in [-0.4, -0.2) is 30.4 Å². The molecule has 0 unspecified atom stereocenters. The average Bonchev–Trinajstić information content (AvgIpc) is 2.06. The molecule has 0 amide bonds. The summed E-state index contributed by atoms with van der Waals surface area (Å²) in [5, 5.41) is 0. The van der Waals surface area contributed by atoms with E-state index in [1.165, 1.54) is 12.0 Å². The zero-order valence-electron chi connectivity index (χ0n) is 7.08. The summed E-state index contributed by atoms with van der Waals surface area (Å²) in [6.07, 6.45) is 8.33. The second-order valence-electron chi connectivity index (χ2n) is 2.63. The maximum absolute atomic E-state index is 4.12. The Morgan fingerprint density at radius 3 is 3.09 bits per heavy atom. The van der Waals surface area contributed by atoms with Crippen LogP contribution >= 0.6 is 11.9 Å². The highest BCUT2D eigenvalue weighted by atomic mass is 32.2. The van der Waals surface area contributed by atoms with E-state index in [9.17, 15) is 0 Å². The van der Waals surface area contributed by atoms with Gasteiger partial charge in [-0.15, -0.1) is 0 Å². The molecule has 0 aromatic rings. The predicted molar refractivity (Wildman–Crippen MR) is 52.0 cm³/mol. The van der Waals surface area contributed by atoms with E-state index in [1.54, 1.807) is 11.9 Å². The molecule has 0 radical (unpaired) electrons. The van der Waals surface area contributed by atoms with Crippen molar-refractivity contribution in [3.05, 3.63) is 11.8 Å². The average molecular weight is 170 g/mol. The SMILES string of the molecule is CSN(C)CC1=CN=CCC1. The van der Waals surface area contributed by atoms with Gasteiger partial charge in [0.1, 0.15) is 0 Å². The van der Waals surface area contributed by atoms with Crippen LogP contribution in [0.15, 0.2) is 16.8 Å². The van der Waals surface area contributed by atoms with E-state index in [0.717, 1.165) is 13.0 Å². The number of likely N-dealkylation sites (N-methyl/N-ethyl adjacent to an activating group) is 1. The third-order valence-electron chi connectivity index (χ3n) is 1.69. The van der Waals surface area contributed by atoms with Gasteiger partial charge in [0, 0.05) is 19.0 Å². The van der Waals surface area contributed by atoms with Crippen molar-refractivity contribution < 1.29 is 0 Å². The number of hydrogen-bond acceptors (Lipinski definition) is 3. The minimum Gasteiger partial charge on any atom is -0.269 e. The van der Waals surface area contributed by atoms with Crippen molar-refractivity contribution in [2.45, 2.75) is 12.8 Å². The molecule has 0 saturated heterocycles. The molecule has 0 aromatic heterocycles. The molecule has 2 nitrogen and oxygen atoms in total. The quantitative estimate of drug-likeness (QED) is 0.602. The van der Waals surface area contributed by atoms with Crippen molar-refractivity contribution in [3.63, 3.8) is 0 Å². The molecule has 0 aromatic carbocycles. The molecule has 0 saturated carbocycles. The van der Waals surface area contributed by atoms with Gasteiger partial charge in [0.05, 0.1) is 0 Å². The Balaban J connectivity index is 2.35. The third kappa shape index (κ3) is 3.08. The third-order valence-corrected chi connectivity index (χ3v) is 2.45. The molecule has 0 aliphatic carbocycles. The highest BCUT2D eigenvalue weighted by Gasteiger charge is 2.02. The molecule has 1 aliphatic rings. The van der Waals surface area contributed by atoms with E-state index in [2.05, 4.69) is 22.6 Å². The summed E-state index contributed by atoms with van der Waals surface area (Å²) in [6, 6.07) is 0. The lowest BCUT2D eigenvalue weighted by Gasteiger charge is -2.15. The Morgan fingerprint density at radius 1 is 1.73 bits per heavy atom. The van der Waals surface area contributed by atoms with Crippen molar-refractivity contribution in [2.75, 3.05) is 19.8 Å². The molecule has 3 heteroatoms. The monoisotopic (exact) mass is 170 g/mol. The largest absolute Gasteiger partial charge is 0.269 e. The normalized spacial score (nSPS) is 17.2. The predicted octanol–water partition coefficient (Wildman–Crippen LogP) is 1.94. The number of hydrogen-bond donors (Lipinski definition) is 0. The fourth-order valence-electron chi connectivity index (χ4n) is 1.02. The molecular weight excluding hydrogens is 156 g/mol. The fourth-order valence-corrected chi connectivity index (χ4v) is 1.31. The minimum atomic E-state index is 1.04. The molecule has 1 rings (SSSR count). The van der Waals surface area contributed by atoms with E-state index in [1.807, 2.05) is 12.4 Å². The zero-order chi connectivity index (χ0) is 8.10. The van der Waals surface area contributed by atoms with Crippen molar-refractivity contribution in [2.24, 2.45) is 4.99 Å². The van der Waals surface area contributed by atoms with Gasteiger partial charge >= 0.3 is 0 Å². The van der Waals surface area contributed by atoms with Gasteiger partial charge in [-0.05, 0) is 31.7 Å². The number of rotatable bonds is 3. The van der Waals surface area contributed by atoms with Gasteiger partial charge in [0.15, 0.2) is 0 Å². The Labute approximate surface area is 72.5 Å². The van der Waals surface area contributed by atoms with E-state index in [4.69, 9.17) is 0 Å². The van der Waals surface area contributed by atoms with Crippen molar-refractivity contribution >= 4 is 18.2 Å². The Kier molecular flexibility index (Phi) is 3.66. The maximum Gasteiger partial charge on any atom is 0.0315 e. The van der Waals surface area contributed by atoms with E-state index < -0.39 is 0 Å². The van der Waals surface area contributed by atoms with Crippen LogP contribution in [0.3, 0.4) is 0 Å². The lowest BCUT2D eigenvalue weighted by Crippen LogP contribution is -2.13. The summed E-state index contributed by atoms with van der Waals surface area (Å²) >= 11 is 1.76. The Bertz CT molecular complexity index is 175. The smallest absolute Gasteiger partial charge is 0.0315 e. The van der Waals surface area contributed by atoms with Gasteiger partial charge < -0.3 is 0 Å². The van der Waals surface area contributed by atoms with Crippen LogP contribution in [0.2, 0.25) is 0 Å². The lowest BCUT2D eigenvalue weighted by atomic mass is 10.1. The second-order valence-corrected chi connectivity index (χ2v) is 3.61. The van der Waals surface area contributed by atoms with Gasteiger partial charge in [-0.3, -0.25) is 4.99 Å². The first-order valence-corrected chi connectivity index (χ1v) is 4.96. The van der Waals surface area contributed by atoms with E-state index in [-0.39, 0.29) is 0 Å². The van der Waals surface area contributed by atoms with Crippen LogP contribution in [-0.2, 0) is 0 Å². The summed E-state index contributed by atoms with van der Waals surface area (Å²) in [5.74, 6) is 0. The molecule has 11 heavy (non-hydrogen) atoms. The van der Waals surface area contributed by atoms with Gasteiger partial charge in [-0.2, -0.15) is 0 Å². The Morgan fingerprint density at radius 2 is 2.55 bits per heavy atom. The van der Waals surface area contributed by atoms with Crippen LogP contribution < -0.4 is 0 Å². The molecule has 0 N–H and O–H groups in total. The number of aliphatic imine (C=N–C) groups is 1. The first-order valence-electron chi connectivity index (χ1n) is 3.77. The second kappa shape index (κ2) is 4.57. The van der Waals surface area contributed by atoms with Crippen LogP contribution in [0.25, 0.3) is 0 Å². The molecule has 0 fully saturated rings. The van der Waals surface area contributed by atoms with Crippen LogP contribution in [0.5, 0.6) is 0 Å². The van der Waals surface area contributed by atoms with Crippen molar-refractivity contribution in [1.29, 1.82) is 0 Å². The number of nitrogens with zero attached hydrogens (tertiary/aromatic N) is 2. The summed E-state index contributed by atoms with van der Waals surface area (Å²) in [5.41, 5.74) is 1.43. The summed E-state index contributed by atoms with van der Waals surface area (Å²) in [7, 11) is 2.10. The van der Waals surface area contributed by atoms with Crippen LogP contribution in [0.4, 0.5) is 0 Å². The first kappa shape index (κ1) is 8.81. The highest BCUT2D eigenvalue weighted by Crippen LogP contribution is 2.12. The zero-order valence-corrected chi connectivity index (χ0v) is 7.90. The highest BCUT2D eigenvalue weighted by molar-refractivity contribution is 7.96. The molecule has 0 bridgehead atoms. The minimum absolute atomic E-state index is 1.04. The van der Waals surface area contributed by atoms with E-state index in [0.29, 0.717) is 0 Å². The van der Waals surface area contributed by atoms with Crippen LogP contribution in [0, 0.1) is 0 Å². The topological polar surface area (TPSA) is 15.6 Å². The van der Waals surface area contributed by atoms with E-state index >= 15 is 0 Å². The van der Waals surface area contributed by atoms with Crippen molar-refractivity contribution in [3.8, 4) is 0 Å². The molecule has 1 heterocycles. The summed E-state index contributed by atoms with van der Waals surface area (Å²) in [6.45, 7) is 1.04. The van der Waals surface area contributed by atoms with Crippen molar-refractivity contribution in [1.82, 2.24) is 4.31 Å². The maximum atomic E-state index is 4.12. The van der Waals surface area contributed by atoms with Gasteiger partial charge in [0.25, 0.3) is 0 Å². The first-order chi connectivity index (χ1) is 5.33. The molecule has 62 valence electrons. The van der Waals surface area contributed by atoms with Gasteiger partial charge in [-0.1, -0.05) is 11.9 Å². The summed E-state index contributed by atoms with van der Waals surface area (Å²) in [4.78, 5) is 4.12. The molecule has 0 spiro atoms. The fraction of sp³-hybridized carbons (Fsp3) is 0.625. The standard InChI is InChI=1S/C8H14N2S/c1-10(11-2)7-8-4-3-5-9-6-8/h5-6H,3-4,7H2,1-2H3.